The van der Waals surface area contributed by atoms with Gasteiger partial charge in [0.1, 0.15) is 0 Å². The van der Waals surface area contributed by atoms with E-state index in [9.17, 15) is 13.2 Å². The summed E-state index contributed by atoms with van der Waals surface area (Å²) in [6.45, 7) is -0.161. The molecule has 0 amide bonds. The van der Waals surface area contributed by atoms with Gasteiger partial charge in [0, 0.05) is 28.8 Å². The summed E-state index contributed by atoms with van der Waals surface area (Å²) in [6.07, 6.45) is -3.49. The molecular weight excluding hydrogens is 265 g/mol. The zero-order valence-corrected chi connectivity index (χ0v) is 10.0. The lowest BCUT2D eigenvalue weighted by Gasteiger charge is -2.11. The molecule has 2 rings (SSSR count). The van der Waals surface area contributed by atoms with E-state index in [1.165, 1.54) is 6.20 Å². The fourth-order valence-corrected chi connectivity index (χ4v) is 1.78. The third-order valence-electron chi connectivity index (χ3n) is 2.43. The van der Waals surface area contributed by atoms with Gasteiger partial charge >= 0.3 is 6.18 Å². The van der Waals surface area contributed by atoms with Crippen LogP contribution in [0.2, 0.25) is 5.02 Å². The third kappa shape index (κ3) is 3.26. The molecule has 6 heteroatoms. The van der Waals surface area contributed by atoms with E-state index in [1.54, 1.807) is 24.3 Å². The van der Waals surface area contributed by atoms with E-state index in [1.807, 2.05) is 0 Å². The zero-order valence-electron chi connectivity index (χ0n) is 9.26. The van der Waals surface area contributed by atoms with Gasteiger partial charge in [-0.25, -0.2) is 0 Å². The van der Waals surface area contributed by atoms with E-state index in [2.05, 4.69) is 10.3 Å². The van der Waals surface area contributed by atoms with Crippen molar-refractivity contribution in [3.8, 4) is 0 Å². The van der Waals surface area contributed by atoms with Crippen molar-refractivity contribution in [3.63, 3.8) is 0 Å². The van der Waals surface area contributed by atoms with E-state index < -0.39 is 12.6 Å². The summed E-state index contributed by atoms with van der Waals surface area (Å²) in [5.74, 6) is 0. The van der Waals surface area contributed by atoms with Crippen LogP contribution in [-0.2, 0) is 0 Å². The SMILES string of the molecule is FC(F)(F)CCNc1ccnc2cc(Cl)ccc12. The topological polar surface area (TPSA) is 24.9 Å². The number of aromatic nitrogens is 1. The fourth-order valence-electron chi connectivity index (χ4n) is 1.61. The minimum atomic E-state index is -4.15. The van der Waals surface area contributed by atoms with Crippen LogP contribution in [0, 0.1) is 0 Å². The molecule has 0 aliphatic heterocycles. The standard InChI is InChI=1S/C12H10ClF3N2/c13-8-1-2-9-10(3-5-17-11(9)7-8)18-6-4-12(14,15)16/h1-3,5,7H,4,6H2,(H,17,18). The second-order valence-electron chi connectivity index (χ2n) is 3.81. The summed E-state index contributed by atoms with van der Waals surface area (Å²) in [4.78, 5) is 4.11. The fraction of sp³-hybridized carbons (Fsp3) is 0.250. The number of rotatable bonds is 3. The number of nitrogens with one attached hydrogen (secondary N) is 1. The lowest BCUT2D eigenvalue weighted by Crippen LogP contribution is -2.14. The molecule has 0 aliphatic carbocycles. The molecule has 0 bridgehead atoms. The molecule has 18 heavy (non-hydrogen) atoms. The first kappa shape index (κ1) is 13.0. The van der Waals surface area contributed by atoms with Crippen LogP contribution in [0.4, 0.5) is 18.9 Å². The smallest absolute Gasteiger partial charge is 0.384 e. The first-order valence-electron chi connectivity index (χ1n) is 5.30. The lowest BCUT2D eigenvalue weighted by atomic mass is 10.2. The van der Waals surface area contributed by atoms with Crippen molar-refractivity contribution in [2.75, 3.05) is 11.9 Å². The predicted molar refractivity (Wildman–Crippen MR) is 65.9 cm³/mol. The second-order valence-corrected chi connectivity index (χ2v) is 4.25. The van der Waals surface area contributed by atoms with Crippen molar-refractivity contribution in [2.24, 2.45) is 0 Å². The maximum atomic E-state index is 12.1. The van der Waals surface area contributed by atoms with Crippen LogP contribution in [0.15, 0.2) is 30.5 Å². The van der Waals surface area contributed by atoms with E-state index in [0.717, 1.165) is 5.39 Å². The van der Waals surface area contributed by atoms with Crippen LogP contribution in [0.3, 0.4) is 0 Å². The normalized spacial score (nSPS) is 11.8. The van der Waals surface area contributed by atoms with Crippen molar-refractivity contribution in [2.45, 2.75) is 12.6 Å². The maximum absolute atomic E-state index is 12.1. The number of nitrogens with zero attached hydrogens (tertiary/aromatic N) is 1. The van der Waals surface area contributed by atoms with Crippen molar-refractivity contribution < 1.29 is 13.2 Å². The minimum absolute atomic E-state index is 0.161. The highest BCUT2D eigenvalue weighted by Crippen LogP contribution is 2.25. The first-order valence-corrected chi connectivity index (χ1v) is 5.68. The Morgan fingerprint density at radius 2 is 2.00 bits per heavy atom. The summed E-state index contributed by atoms with van der Waals surface area (Å²) >= 11 is 5.83. The zero-order chi connectivity index (χ0) is 13.2. The number of hydrogen-bond acceptors (Lipinski definition) is 2. The number of halogens is 4. The Labute approximate surface area is 107 Å². The lowest BCUT2D eigenvalue weighted by molar-refractivity contribution is -0.131. The van der Waals surface area contributed by atoms with Crippen molar-refractivity contribution in [3.05, 3.63) is 35.5 Å². The van der Waals surface area contributed by atoms with Gasteiger partial charge in [0.05, 0.1) is 11.9 Å². The monoisotopic (exact) mass is 274 g/mol. The van der Waals surface area contributed by atoms with Crippen molar-refractivity contribution >= 4 is 28.2 Å². The Hall–Kier alpha value is -1.49. The number of anilines is 1. The molecule has 0 spiro atoms. The van der Waals surface area contributed by atoms with Crippen LogP contribution in [0.5, 0.6) is 0 Å². The molecule has 0 fully saturated rings. The number of benzene rings is 1. The van der Waals surface area contributed by atoms with Gasteiger partial charge in [0.15, 0.2) is 0 Å². The number of pyridine rings is 1. The van der Waals surface area contributed by atoms with Gasteiger partial charge < -0.3 is 5.32 Å². The molecule has 0 saturated heterocycles. The molecule has 0 atom stereocenters. The Balaban J connectivity index is 2.18. The quantitative estimate of drug-likeness (QED) is 0.905. The van der Waals surface area contributed by atoms with Crippen molar-refractivity contribution in [1.29, 1.82) is 0 Å². The van der Waals surface area contributed by atoms with Gasteiger partial charge in [-0.1, -0.05) is 11.6 Å². The Bertz CT molecular complexity index is 555. The van der Waals surface area contributed by atoms with Gasteiger partial charge in [-0.05, 0) is 24.3 Å². The molecule has 0 radical (unpaired) electrons. The molecule has 2 nitrogen and oxygen atoms in total. The summed E-state index contributed by atoms with van der Waals surface area (Å²) in [7, 11) is 0. The predicted octanol–water partition coefficient (Wildman–Crippen LogP) is 4.25. The van der Waals surface area contributed by atoms with E-state index in [0.29, 0.717) is 16.2 Å². The third-order valence-corrected chi connectivity index (χ3v) is 2.66. The maximum Gasteiger partial charge on any atom is 0.390 e. The van der Waals surface area contributed by atoms with Crippen LogP contribution in [0.25, 0.3) is 10.9 Å². The number of fused-ring (bicyclic) bond motifs is 1. The second kappa shape index (κ2) is 5.02. The van der Waals surface area contributed by atoms with E-state index >= 15 is 0 Å². The molecule has 2 aromatic rings. The van der Waals surface area contributed by atoms with Crippen LogP contribution < -0.4 is 5.32 Å². The minimum Gasteiger partial charge on any atom is -0.384 e. The molecule has 1 aromatic heterocycles. The largest absolute Gasteiger partial charge is 0.390 e. The van der Waals surface area contributed by atoms with Gasteiger partial charge in [-0.3, -0.25) is 4.98 Å². The highest BCUT2D eigenvalue weighted by molar-refractivity contribution is 6.31. The van der Waals surface area contributed by atoms with Gasteiger partial charge in [-0.2, -0.15) is 13.2 Å². The molecule has 0 saturated carbocycles. The average molecular weight is 275 g/mol. The first-order chi connectivity index (χ1) is 8.46. The summed E-state index contributed by atoms with van der Waals surface area (Å²) in [5.41, 5.74) is 1.28. The van der Waals surface area contributed by atoms with E-state index in [-0.39, 0.29) is 6.54 Å². The Morgan fingerprint density at radius 3 is 2.72 bits per heavy atom. The molecule has 1 aromatic carbocycles. The molecular formula is C12H10ClF3N2. The Kier molecular flexibility index (Phi) is 3.61. The summed E-state index contributed by atoms with van der Waals surface area (Å²) in [5, 5.41) is 4.06. The summed E-state index contributed by atoms with van der Waals surface area (Å²) < 4.78 is 36.2. The number of alkyl halides is 3. The van der Waals surface area contributed by atoms with Gasteiger partial charge in [0.25, 0.3) is 0 Å². The number of hydrogen-bond donors (Lipinski definition) is 1. The highest BCUT2D eigenvalue weighted by Gasteiger charge is 2.26. The molecule has 0 unspecified atom stereocenters. The van der Waals surface area contributed by atoms with Crippen LogP contribution in [0.1, 0.15) is 6.42 Å². The average Bonchev–Trinajstić information content (AvgIpc) is 2.27. The van der Waals surface area contributed by atoms with E-state index in [4.69, 9.17) is 11.6 Å². The molecule has 1 N–H and O–H groups in total. The van der Waals surface area contributed by atoms with Crippen molar-refractivity contribution in [1.82, 2.24) is 4.98 Å². The Morgan fingerprint density at radius 1 is 1.22 bits per heavy atom. The summed E-state index contributed by atoms with van der Waals surface area (Å²) in [6, 6.07) is 6.74. The van der Waals surface area contributed by atoms with Gasteiger partial charge in [0.2, 0.25) is 0 Å². The molecule has 96 valence electrons. The van der Waals surface area contributed by atoms with Crippen LogP contribution >= 0.6 is 11.6 Å². The molecule has 0 aliphatic rings. The van der Waals surface area contributed by atoms with Gasteiger partial charge in [-0.15, -0.1) is 0 Å². The van der Waals surface area contributed by atoms with Crippen LogP contribution in [-0.4, -0.2) is 17.7 Å². The molecule has 1 heterocycles. The highest BCUT2D eigenvalue weighted by atomic mass is 35.5.